The Balaban J connectivity index is 1.34. The zero-order chi connectivity index (χ0) is 19.6. The summed E-state index contributed by atoms with van der Waals surface area (Å²) in [4.78, 5) is 16.6. The van der Waals surface area contributed by atoms with E-state index in [-0.39, 0.29) is 11.8 Å². The number of hydrogen-bond donors (Lipinski definition) is 0. The van der Waals surface area contributed by atoms with Gasteiger partial charge in [-0.1, -0.05) is 0 Å². The van der Waals surface area contributed by atoms with Crippen molar-refractivity contribution in [3.8, 4) is 22.9 Å². The van der Waals surface area contributed by atoms with Crippen LogP contribution >= 0.6 is 0 Å². The molecule has 2 saturated heterocycles. The minimum absolute atomic E-state index is 0.141. The summed E-state index contributed by atoms with van der Waals surface area (Å²) in [6.45, 7) is 4.76. The Hall–Kier alpha value is -2.42. The molecule has 1 atom stereocenters. The second-order valence-electron chi connectivity index (χ2n) is 7.58. The van der Waals surface area contributed by atoms with E-state index in [9.17, 15) is 4.79 Å². The molecule has 1 unspecified atom stereocenters. The maximum atomic E-state index is 12.5. The van der Waals surface area contributed by atoms with E-state index in [0.29, 0.717) is 51.4 Å². The first-order valence-corrected chi connectivity index (χ1v) is 10.0. The molecule has 8 nitrogen and oxygen atoms in total. The molecule has 4 heterocycles. The smallest absolute Gasteiger partial charge is 0.351 e. The molecule has 0 bridgehead atoms. The van der Waals surface area contributed by atoms with Crippen LogP contribution in [0.4, 0.5) is 0 Å². The van der Waals surface area contributed by atoms with Crippen molar-refractivity contribution >= 4 is 0 Å². The molecule has 0 aliphatic carbocycles. The molecule has 5 rings (SSSR count). The van der Waals surface area contributed by atoms with Crippen LogP contribution in [0.5, 0.6) is 11.6 Å². The van der Waals surface area contributed by atoms with E-state index in [1.165, 1.54) is 0 Å². The van der Waals surface area contributed by atoms with Crippen LogP contribution < -0.4 is 15.2 Å². The Morgan fingerprint density at radius 1 is 1.07 bits per heavy atom. The minimum atomic E-state index is -0.297. The van der Waals surface area contributed by atoms with E-state index in [2.05, 4.69) is 11.1 Å². The second kappa shape index (κ2) is 8.14. The van der Waals surface area contributed by atoms with Gasteiger partial charge in [0.05, 0.1) is 45.3 Å². The molecule has 2 fully saturated rings. The lowest BCUT2D eigenvalue weighted by Crippen LogP contribution is -2.34. The van der Waals surface area contributed by atoms with Crippen LogP contribution in [0.1, 0.15) is 5.56 Å². The Morgan fingerprint density at radius 3 is 2.79 bits per heavy atom. The molecule has 0 N–H and O–H groups in total. The lowest BCUT2D eigenvalue weighted by atomic mass is 9.97. The van der Waals surface area contributed by atoms with Gasteiger partial charge < -0.3 is 23.7 Å². The molecule has 3 aliphatic heterocycles. The highest BCUT2D eigenvalue weighted by molar-refractivity contribution is 5.67. The summed E-state index contributed by atoms with van der Waals surface area (Å²) in [6, 6.07) is 7.85. The van der Waals surface area contributed by atoms with Crippen molar-refractivity contribution in [1.82, 2.24) is 9.55 Å². The molecule has 154 valence electrons. The highest BCUT2D eigenvalue weighted by Gasteiger charge is 2.22. The van der Waals surface area contributed by atoms with Gasteiger partial charge in [0.1, 0.15) is 18.5 Å². The normalized spacial score (nSPS) is 21.0. The second-order valence-corrected chi connectivity index (χ2v) is 7.58. The number of hydrogen-bond acceptors (Lipinski definition) is 7. The van der Waals surface area contributed by atoms with Crippen molar-refractivity contribution in [2.75, 3.05) is 46.2 Å². The first-order chi connectivity index (χ1) is 14.3. The Bertz CT molecular complexity index is 933. The molecule has 1 aromatic carbocycles. The fourth-order valence-corrected chi connectivity index (χ4v) is 3.75. The molecular weight excluding hydrogens is 376 g/mol. The fourth-order valence-electron chi connectivity index (χ4n) is 3.75. The Kier molecular flexibility index (Phi) is 5.22. The van der Waals surface area contributed by atoms with Gasteiger partial charge in [-0.15, -0.1) is 0 Å². The standard InChI is InChI=1S/C21H24N2O6/c24-21-22-20(29-13-17-12-25-5-6-27-17)8-19-18-2-1-16(28-11-14-9-26-10-14)7-15(18)3-4-23(19)21/h1-2,7-8,14,17H,3-6,9-13H2. The number of rotatable bonds is 6. The third kappa shape index (κ3) is 4.01. The molecule has 0 saturated carbocycles. The maximum Gasteiger partial charge on any atom is 0.351 e. The summed E-state index contributed by atoms with van der Waals surface area (Å²) in [5, 5.41) is 0. The van der Waals surface area contributed by atoms with Gasteiger partial charge in [-0.25, -0.2) is 4.79 Å². The molecule has 3 aliphatic rings. The zero-order valence-electron chi connectivity index (χ0n) is 16.2. The highest BCUT2D eigenvalue weighted by atomic mass is 16.6. The molecule has 2 aromatic rings. The van der Waals surface area contributed by atoms with Crippen LogP contribution in [-0.2, 0) is 27.2 Å². The van der Waals surface area contributed by atoms with E-state index in [1.54, 1.807) is 4.57 Å². The summed E-state index contributed by atoms with van der Waals surface area (Å²) in [5.41, 5.74) is 2.69. The number of benzene rings is 1. The molecule has 0 amide bonds. The van der Waals surface area contributed by atoms with Gasteiger partial charge in [0.25, 0.3) is 0 Å². The first kappa shape index (κ1) is 18.6. The Morgan fingerprint density at radius 2 is 2.00 bits per heavy atom. The quantitative estimate of drug-likeness (QED) is 0.723. The van der Waals surface area contributed by atoms with Gasteiger partial charge in [-0.05, 0) is 30.2 Å². The van der Waals surface area contributed by atoms with Crippen LogP contribution in [0, 0.1) is 5.92 Å². The summed E-state index contributed by atoms with van der Waals surface area (Å²) in [6.07, 6.45) is 0.624. The molecule has 0 radical (unpaired) electrons. The van der Waals surface area contributed by atoms with Gasteiger partial charge >= 0.3 is 5.69 Å². The van der Waals surface area contributed by atoms with E-state index >= 15 is 0 Å². The third-order valence-corrected chi connectivity index (χ3v) is 5.44. The molecule has 1 aromatic heterocycles. The predicted octanol–water partition coefficient (Wildman–Crippen LogP) is 1.29. The number of aryl methyl sites for hydroxylation is 1. The summed E-state index contributed by atoms with van der Waals surface area (Å²) < 4.78 is 29.5. The number of nitrogens with zero attached hydrogens (tertiary/aromatic N) is 2. The topological polar surface area (TPSA) is 81.0 Å². The van der Waals surface area contributed by atoms with Gasteiger partial charge in [0.15, 0.2) is 0 Å². The van der Waals surface area contributed by atoms with Crippen LogP contribution in [0.25, 0.3) is 11.3 Å². The first-order valence-electron chi connectivity index (χ1n) is 10.0. The summed E-state index contributed by atoms with van der Waals surface area (Å²) >= 11 is 0. The van der Waals surface area contributed by atoms with Gasteiger partial charge in [-0.2, -0.15) is 4.98 Å². The van der Waals surface area contributed by atoms with Crippen molar-refractivity contribution in [3.05, 3.63) is 40.3 Å². The number of aromatic nitrogens is 2. The van der Waals surface area contributed by atoms with E-state index in [0.717, 1.165) is 42.2 Å². The van der Waals surface area contributed by atoms with E-state index < -0.39 is 0 Å². The average molecular weight is 400 g/mol. The van der Waals surface area contributed by atoms with Gasteiger partial charge in [0, 0.05) is 24.1 Å². The molecule has 8 heteroatoms. The maximum absolute atomic E-state index is 12.5. The SMILES string of the molecule is O=c1nc(OCC2COCCO2)cc2n1CCc1cc(OCC3COC3)ccc1-2. The zero-order valence-corrected chi connectivity index (χ0v) is 16.2. The van der Waals surface area contributed by atoms with E-state index in [4.69, 9.17) is 23.7 Å². The predicted molar refractivity (Wildman–Crippen MR) is 103 cm³/mol. The third-order valence-electron chi connectivity index (χ3n) is 5.44. The van der Waals surface area contributed by atoms with Gasteiger partial charge in [-0.3, -0.25) is 4.57 Å². The van der Waals surface area contributed by atoms with Crippen LogP contribution in [0.2, 0.25) is 0 Å². The van der Waals surface area contributed by atoms with Crippen molar-refractivity contribution in [3.63, 3.8) is 0 Å². The molecule has 0 spiro atoms. The lowest BCUT2D eigenvalue weighted by molar-refractivity contribution is -0.102. The van der Waals surface area contributed by atoms with Crippen LogP contribution in [0.3, 0.4) is 0 Å². The average Bonchev–Trinajstić information content (AvgIpc) is 2.71. The molecular formula is C21H24N2O6. The van der Waals surface area contributed by atoms with Crippen molar-refractivity contribution in [1.29, 1.82) is 0 Å². The highest BCUT2D eigenvalue weighted by Crippen LogP contribution is 2.32. The number of ether oxygens (including phenoxy) is 5. The summed E-state index contributed by atoms with van der Waals surface area (Å²) in [7, 11) is 0. The number of fused-ring (bicyclic) bond motifs is 3. The van der Waals surface area contributed by atoms with Gasteiger partial charge in [0.2, 0.25) is 5.88 Å². The lowest BCUT2D eigenvalue weighted by Gasteiger charge is -2.26. The largest absolute Gasteiger partial charge is 0.493 e. The van der Waals surface area contributed by atoms with Crippen molar-refractivity contribution in [2.45, 2.75) is 19.1 Å². The van der Waals surface area contributed by atoms with Crippen molar-refractivity contribution in [2.24, 2.45) is 5.92 Å². The van der Waals surface area contributed by atoms with Crippen molar-refractivity contribution < 1.29 is 23.7 Å². The summed E-state index contributed by atoms with van der Waals surface area (Å²) in [5.74, 6) is 1.65. The minimum Gasteiger partial charge on any atom is -0.493 e. The monoisotopic (exact) mass is 400 g/mol. The fraction of sp³-hybridized carbons (Fsp3) is 0.524. The Labute approximate surface area is 168 Å². The van der Waals surface area contributed by atoms with Crippen LogP contribution in [0.15, 0.2) is 29.1 Å². The van der Waals surface area contributed by atoms with E-state index in [1.807, 2.05) is 18.2 Å². The van der Waals surface area contributed by atoms with Crippen LogP contribution in [-0.4, -0.2) is 61.9 Å². The molecule has 29 heavy (non-hydrogen) atoms.